The second kappa shape index (κ2) is 11.6. The highest BCUT2D eigenvalue weighted by atomic mass is 19.1. The zero-order chi connectivity index (χ0) is 23.6. The zero-order valence-corrected chi connectivity index (χ0v) is 18.1. The third-order valence-corrected chi connectivity index (χ3v) is 4.79. The molecule has 0 aliphatic rings. The number of carbonyl (C=O) groups excluding carboxylic acids is 3. The number of halogens is 1. The van der Waals surface area contributed by atoms with Crippen molar-refractivity contribution < 1.29 is 28.2 Å². The molecule has 170 valence electrons. The molecular weight excluding hydrogens is 425 g/mol. The summed E-state index contributed by atoms with van der Waals surface area (Å²) in [5, 5.41) is 3.01. The second-order valence-electron chi connectivity index (χ2n) is 7.19. The first-order valence-electron chi connectivity index (χ1n) is 10.5. The van der Waals surface area contributed by atoms with Gasteiger partial charge in [0.1, 0.15) is 17.6 Å². The Kier molecular flexibility index (Phi) is 8.30. The summed E-state index contributed by atoms with van der Waals surface area (Å²) < 4.78 is 23.7. The van der Waals surface area contributed by atoms with Crippen molar-refractivity contribution >= 4 is 23.2 Å². The smallest absolute Gasteiger partial charge is 0.329 e. The van der Waals surface area contributed by atoms with Gasteiger partial charge in [0.15, 0.2) is 18.2 Å². The molecule has 0 radical (unpaired) electrons. The molecule has 33 heavy (non-hydrogen) atoms. The number of hydrogen-bond donors (Lipinski definition) is 1. The van der Waals surface area contributed by atoms with Crippen LogP contribution in [-0.2, 0) is 9.53 Å². The molecule has 3 aromatic rings. The summed E-state index contributed by atoms with van der Waals surface area (Å²) in [7, 11) is 0. The fourth-order valence-corrected chi connectivity index (χ4v) is 3.09. The predicted molar refractivity (Wildman–Crippen MR) is 122 cm³/mol. The fraction of sp³-hybridized carbons (Fsp3) is 0.192. The Balaban J connectivity index is 1.70. The Morgan fingerprint density at radius 3 is 2.12 bits per heavy atom. The molecule has 7 heteroatoms. The van der Waals surface area contributed by atoms with Gasteiger partial charge >= 0.3 is 5.97 Å². The number of ether oxygens (including phenoxy) is 2. The van der Waals surface area contributed by atoms with E-state index in [9.17, 15) is 18.8 Å². The molecule has 0 saturated heterocycles. The van der Waals surface area contributed by atoms with Crippen LogP contribution in [0.1, 0.15) is 34.1 Å². The summed E-state index contributed by atoms with van der Waals surface area (Å²) in [6.45, 7) is 1.88. The number of Topliss-reactive ketones (excluding diaryl/α,β-unsaturated/α-hetero) is 2. The summed E-state index contributed by atoms with van der Waals surface area (Å²) >= 11 is 0. The maximum atomic E-state index is 13.1. The molecule has 1 atom stereocenters. The number of rotatable bonds is 11. The minimum absolute atomic E-state index is 0.166. The van der Waals surface area contributed by atoms with Crippen molar-refractivity contribution in [2.24, 2.45) is 0 Å². The summed E-state index contributed by atoms with van der Waals surface area (Å²) in [4.78, 5) is 37.8. The lowest BCUT2D eigenvalue weighted by Gasteiger charge is -2.18. The lowest BCUT2D eigenvalue weighted by atomic mass is 10.0. The highest BCUT2D eigenvalue weighted by Gasteiger charge is 2.25. The Hall–Kier alpha value is -4.00. The monoisotopic (exact) mass is 449 g/mol. The van der Waals surface area contributed by atoms with Gasteiger partial charge in [0.2, 0.25) is 0 Å². The third kappa shape index (κ3) is 7.00. The highest BCUT2D eigenvalue weighted by Crippen LogP contribution is 2.18. The Morgan fingerprint density at radius 1 is 0.848 bits per heavy atom. The largest absolute Gasteiger partial charge is 0.494 e. The van der Waals surface area contributed by atoms with E-state index in [1.54, 1.807) is 54.6 Å². The van der Waals surface area contributed by atoms with Crippen molar-refractivity contribution in [3.8, 4) is 5.75 Å². The highest BCUT2D eigenvalue weighted by molar-refractivity contribution is 6.01. The summed E-state index contributed by atoms with van der Waals surface area (Å²) in [6, 6.07) is 19.5. The van der Waals surface area contributed by atoms with Gasteiger partial charge in [0, 0.05) is 23.2 Å². The van der Waals surface area contributed by atoms with E-state index in [2.05, 4.69) is 5.32 Å². The molecule has 0 aromatic heterocycles. The fourth-order valence-electron chi connectivity index (χ4n) is 3.09. The van der Waals surface area contributed by atoms with Crippen LogP contribution in [0.5, 0.6) is 5.75 Å². The van der Waals surface area contributed by atoms with Crippen molar-refractivity contribution in [1.82, 2.24) is 0 Å². The van der Waals surface area contributed by atoms with Crippen LogP contribution < -0.4 is 10.1 Å². The molecule has 1 N–H and O–H groups in total. The Morgan fingerprint density at radius 2 is 1.48 bits per heavy atom. The van der Waals surface area contributed by atoms with Crippen molar-refractivity contribution in [2.75, 3.05) is 18.5 Å². The lowest BCUT2D eigenvalue weighted by Crippen LogP contribution is -2.34. The van der Waals surface area contributed by atoms with E-state index in [0.29, 0.717) is 23.6 Å². The van der Waals surface area contributed by atoms with Gasteiger partial charge in [-0.2, -0.15) is 0 Å². The first-order valence-corrected chi connectivity index (χ1v) is 10.5. The molecule has 1 unspecified atom stereocenters. The molecule has 3 aromatic carbocycles. The molecule has 0 amide bonds. The molecule has 0 bridgehead atoms. The molecule has 0 heterocycles. The maximum absolute atomic E-state index is 13.1. The average Bonchev–Trinajstić information content (AvgIpc) is 2.84. The van der Waals surface area contributed by atoms with Gasteiger partial charge in [-0.3, -0.25) is 9.59 Å². The van der Waals surface area contributed by atoms with Crippen LogP contribution in [0.2, 0.25) is 0 Å². The third-order valence-electron chi connectivity index (χ3n) is 4.79. The SMILES string of the molecule is CCOc1ccc(NC(CC(=O)c2ccccc2)C(=O)OCC(=O)c2ccc(F)cc2)cc1. The van der Waals surface area contributed by atoms with E-state index < -0.39 is 30.2 Å². The molecule has 0 aliphatic carbocycles. The van der Waals surface area contributed by atoms with Crippen molar-refractivity contribution in [3.05, 3.63) is 95.8 Å². The first kappa shape index (κ1) is 23.7. The zero-order valence-electron chi connectivity index (χ0n) is 18.1. The maximum Gasteiger partial charge on any atom is 0.329 e. The van der Waals surface area contributed by atoms with Gasteiger partial charge in [0.25, 0.3) is 0 Å². The summed E-state index contributed by atoms with van der Waals surface area (Å²) in [6.07, 6.45) is -0.166. The van der Waals surface area contributed by atoms with Crippen LogP contribution in [0.4, 0.5) is 10.1 Å². The van der Waals surface area contributed by atoms with Crippen LogP contribution in [-0.4, -0.2) is 36.8 Å². The van der Waals surface area contributed by atoms with Gasteiger partial charge in [-0.05, 0) is 55.5 Å². The van der Waals surface area contributed by atoms with Crippen molar-refractivity contribution in [3.63, 3.8) is 0 Å². The average molecular weight is 449 g/mol. The van der Waals surface area contributed by atoms with E-state index in [-0.39, 0.29) is 17.8 Å². The summed E-state index contributed by atoms with van der Waals surface area (Å²) in [5.41, 5.74) is 1.28. The van der Waals surface area contributed by atoms with E-state index in [4.69, 9.17) is 9.47 Å². The minimum Gasteiger partial charge on any atom is -0.494 e. The van der Waals surface area contributed by atoms with Crippen LogP contribution in [0.3, 0.4) is 0 Å². The van der Waals surface area contributed by atoms with Gasteiger partial charge in [0.05, 0.1) is 6.61 Å². The molecule has 0 fully saturated rings. The van der Waals surface area contributed by atoms with Gasteiger partial charge in [-0.25, -0.2) is 9.18 Å². The molecule has 6 nitrogen and oxygen atoms in total. The van der Waals surface area contributed by atoms with Crippen LogP contribution >= 0.6 is 0 Å². The predicted octanol–water partition coefficient (Wildman–Crippen LogP) is 4.70. The number of nitrogens with one attached hydrogen (secondary N) is 1. The summed E-state index contributed by atoms with van der Waals surface area (Å²) in [5.74, 6) is -1.27. The number of hydrogen-bond acceptors (Lipinski definition) is 6. The Labute approximate surface area is 191 Å². The Bertz CT molecular complexity index is 1080. The minimum atomic E-state index is -1.02. The standard InChI is InChI=1S/C26H24FNO5/c1-2-32-22-14-12-21(13-15-22)28-23(16-24(29)18-6-4-3-5-7-18)26(31)33-17-25(30)19-8-10-20(27)11-9-19/h3-15,23,28H,2,16-17H2,1H3. The van der Waals surface area contributed by atoms with E-state index in [1.807, 2.05) is 6.92 Å². The van der Waals surface area contributed by atoms with Crippen LogP contribution in [0.25, 0.3) is 0 Å². The number of carbonyl (C=O) groups is 3. The van der Waals surface area contributed by atoms with Crippen LogP contribution in [0.15, 0.2) is 78.9 Å². The van der Waals surface area contributed by atoms with E-state index >= 15 is 0 Å². The van der Waals surface area contributed by atoms with Gasteiger partial charge in [-0.1, -0.05) is 30.3 Å². The topological polar surface area (TPSA) is 81.7 Å². The van der Waals surface area contributed by atoms with E-state index in [1.165, 1.54) is 12.1 Å². The van der Waals surface area contributed by atoms with Crippen molar-refractivity contribution in [2.45, 2.75) is 19.4 Å². The molecular formula is C26H24FNO5. The molecule has 0 aliphatic heterocycles. The second-order valence-corrected chi connectivity index (χ2v) is 7.19. The molecule has 3 rings (SSSR count). The normalized spacial score (nSPS) is 11.3. The van der Waals surface area contributed by atoms with Gasteiger partial charge < -0.3 is 14.8 Å². The van der Waals surface area contributed by atoms with E-state index in [0.717, 1.165) is 12.1 Å². The first-order chi connectivity index (χ1) is 16.0. The lowest BCUT2D eigenvalue weighted by molar-refractivity contribution is -0.143. The number of benzene rings is 3. The van der Waals surface area contributed by atoms with Crippen LogP contribution in [0, 0.1) is 5.82 Å². The number of esters is 1. The number of anilines is 1. The molecule has 0 spiro atoms. The van der Waals surface area contributed by atoms with Crippen molar-refractivity contribution in [1.29, 1.82) is 0 Å². The molecule has 0 saturated carbocycles. The number of ketones is 2. The van der Waals surface area contributed by atoms with Gasteiger partial charge in [-0.15, -0.1) is 0 Å². The quantitative estimate of drug-likeness (QED) is 0.337.